The Kier molecular flexibility index (Phi) is 5.27. The van der Waals surface area contributed by atoms with Crippen LogP contribution in [0.5, 0.6) is 0 Å². The van der Waals surface area contributed by atoms with Crippen LogP contribution in [0, 0.1) is 24.0 Å². The molecule has 0 saturated carbocycles. The lowest BCUT2D eigenvalue weighted by atomic mass is 10.1. The van der Waals surface area contributed by atoms with E-state index in [1.165, 1.54) is 18.2 Å². The fraction of sp³-hybridized carbons (Fsp3) is 0.0667. The summed E-state index contributed by atoms with van der Waals surface area (Å²) in [4.78, 5) is -0.244. The van der Waals surface area contributed by atoms with E-state index in [0.29, 0.717) is 0 Å². The molecule has 0 spiro atoms. The molecule has 120 valence electrons. The molecule has 0 fully saturated rings. The largest absolute Gasteiger partial charge is 0.242 e. The first kappa shape index (κ1) is 17.7. The molecular formula is C15H9Cl2F2NO2S. The summed E-state index contributed by atoms with van der Waals surface area (Å²) in [5, 5.41) is 0.142. The molecule has 2 aromatic rings. The summed E-state index contributed by atoms with van der Waals surface area (Å²) in [5.41, 5.74) is -0.649. The van der Waals surface area contributed by atoms with Gasteiger partial charge in [0.15, 0.2) is 0 Å². The van der Waals surface area contributed by atoms with Gasteiger partial charge < -0.3 is 0 Å². The monoisotopic (exact) mass is 375 g/mol. The van der Waals surface area contributed by atoms with Crippen molar-refractivity contribution in [2.45, 2.75) is 11.4 Å². The molecule has 23 heavy (non-hydrogen) atoms. The van der Waals surface area contributed by atoms with Gasteiger partial charge in [0.25, 0.3) is 0 Å². The van der Waals surface area contributed by atoms with Crippen molar-refractivity contribution in [1.29, 1.82) is 0 Å². The Hall–Kier alpha value is -1.65. The zero-order valence-electron chi connectivity index (χ0n) is 11.4. The second-order valence-electron chi connectivity index (χ2n) is 4.44. The average Bonchev–Trinajstić information content (AvgIpc) is 2.49. The van der Waals surface area contributed by atoms with Crippen LogP contribution in [0.25, 0.3) is 0 Å². The van der Waals surface area contributed by atoms with E-state index in [1.807, 2.05) is 5.92 Å². The molecule has 0 atom stereocenters. The number of nitrogens with one attached hydrogen (secondary N) is 1. The minimum absolute atomic E-state index is 0.0363. The van der Waals surface area contributed by atoms with Crippen LogP contribution in [0.1, 0.15) is 11.1 Å². The molecule has 2 rings (SSSR count). The van der Waals surface area contributed by atoms with E-state index in [9.17, 15) is 17.2 Å². The van der Waals surface area contributed by atoms with Gasteiger partial charge in [0.1, 0.15) is 16.5 Å². The van der Waals surface area contributed by atoms with Crippen molar-refractivity contribution in [1.82, 2.24) is 4.72 Å². The SMILES string of the molecule is C#Cc1c(F)ccc(CNS(=O)(=O)c2cc(Cl)ccc2Cl)c1F. The number of hydrogen-bond donors (Lipinski definition) is 1. The summed E-state index contributed by atoms with van der Waals surface area (Å²) in [7, 11) is -4.04. The Bertz CT molecular complexity index is 908. The van der Waals surface area contributed by atoms with Crippen LogP contribution in [0.4, 0.5) is 8.78 Å². The molecule has 0 aliphatic heterocycles. The maximum Gasteiger partial charge on any atom is 0.242 e. The van der Waals surface area contributed by atoms with Crippen LogP contribution < -0.4 is 4.72 Å². The number of rotatable bonds is 4. The van der Waals surface area contributed by atoms with Crippen LogP contribution in [0.2, 0.25) is 10.0 Å². The quantitative estimate of drug-likeness (QED) is 0.827. The fourth-order valence-electron chi connectivity index (χ4n) is 1.80. The highest BCUT2D eigenvalue weighted by Crippen LogP contribution is 2.25. The molecule has 2 aromatic carbocycles. The molecule has 1 N–H and O–H groups in total. The van der Waals surface area contributed by atoms with Crippen molar-refractivity contribution >= 4 is 33.2 Å². The van der Waals surface area contributed by atoms with Gasteiger partial charge in [0, 0.05) is 17.1 Å². The summed E-state index contributed by atoms with van der Waals surface area (Å²) in [6.45, 7) is -0.425. The molecular weight excluding hydrogens is 367 g/mol. The van der Waals surface area contributed by atoms with Gasteiger partial charge in [-0.1, -0.05) is 35.2 Å². The van der Waals surface area contributed by atoms with Crippen molar-refractivity contribution < 1.29 is 17.2 Å². The van der Waals surface area contributed by atoms with E-state index < -0.39 is 33.8 Å². The van der Waals surface area contributed by atoms with Crippen molar-refractivity contribution in [3.63, 3.8) is 0 Å². The summed E-state index contributed by atoms with van der Waals surface area (Å²) >= 11 is 11.6. The maximum absolute atomic E-state index is 14.0. The Morgan fingerprint density at radius 3 is 2.52 bits per heavy atom. The van der Waals surface area contributed by atoms with Crippen molar-refractivity contribution in [2.75, 3.05) is 0 Å². The predicted molar refractivity (Wildman–Crippen MR) is 84.8 cm³/mol. The van der Waals surface area contributed by atoms with Crippen molar-refractivity contribution in [2.24, 2.45) is 0 Å². The maximum atomic E-state index is 14.0. The molecule has 0 aliphatic rings. The Morgan fingerprint density at radius 2 is 1.87 bits per heavy atom. The molecule has 8 heteroatoms. The Morgan fingerprint density at radius 1 is 1.17 bits per heavy atom. The number of terminal acetylenes is 1. The number of benzene rings is 2. The van der Waals surface area contributed by atoms with E-state index in [0.717, 1.165) is 12.1 Å². The highest BCUT2D eigenvalue weighted by Gasteiger charge is 2.20. The first-order chi connectivity index (χ1) is 10.8. The molecule has 0 bridgehead atoms. The van der Waals surface area contributed by atoms with Gasteiger partial charge in [-0.25, -0.2) is 21.9 Å². The highest BCUT2D eigenvalue weighted by molar-refractivity contribution is 7.89. The molecule has 0 aromatic heterocycles. The van der Waals surface area contributed by atoms with Crippen LogP contribution >= 0.6 is 23.2 Å². The smallest absolute Gasteiger partial charge is 0.207 e. The van der Waals surface area contributed by atoms with E-state index in [4.69, 9.17) is 29.6 Å². The third kappa shape index (κ3) is 3.82. The lowest BCUT2D eigenvalue weighted by Gasteiger charge is -2.10. The molecule has 0 unspecified atom stereocenters. The van der Waals surface area contributed by atoms with Crippen LogP contribution in [-0.2, 0) is 16.6 Å². The van der Waals surface area contributed by atoms with Gasteiger partial charge in [0.05, 0.1) is 10.6 Å². The first-order valence-electron chi connectivity index (χ1n) is 6.14. The van der Waals surface area contributed by atoms with Gasteiger partial charge >= 0.3 is 0 Å². The number of hydrogen-bond acceptors (Lipinski definition) is 2. The van der Waals surface area contributed by atoms with Gasteiger partial charge in [-0.15, -0.1) is 6.42 Å². The Balaban J connectivity index is 2.31. The summed E-state index contributed by atoms with van der Waals surface area (Å²) in [6.07, 6.45) is 5.03. The number of halogens is 4. The minimum Gasteiger partial charge on any atom is -0.207 e. The van der Waals surface area contributed by atoms with Gasteiger partial charge in [-0.3, -0.25) is 0 Å². The summed E-state index contributed by atoms with van der Waals surface area (Å²) < 4.78 is 53.9. The van der Waals surface area contributed by atoms with Gasteiger partial charge in [0.2, 0.25) is 10.0 Å². The Labute approximate surface area is 142 Å². The third-order valence-corrected chi connectivity index (χ3v) is 5.07. The minimum atomic E-state index is -4.04. The predicted octanol–water partition coefficient (Wildman–Crippen LogP) is 3.73. The van der Waals surface area contributed by atoms with E-state index in [2.05, 4.69) is 4.72 Å². The molecule has 0 amide bonds. The lowest BCUT2D eigenvalue weighted by molar-refractivity contribution is 0.558. The first-order valence-corrected chi connectivity index (χ1v) is 8.38. The van der Waals surface area contributed by atoms with Crippen LogP contribution in [0.15, 0.2) is 35.2 Å². The van der Waals surface area contributed by atoms with Crippen LogP contribution in [-0.4, -0.2) is 8.42 Å². The van der Waals surface area contributed by atoms with Gasteiger partial charge in [-0.05, 0) is 24.3 Å². The molecule has 3 nitrogen and oxygen atoms in total. The molecule has 0 aliphatic carbocycles. The molecule has 0 heterocycles. The fourth-order valence-corrected chi connectivity index (χ4v) is 3.57. The van der Waals surface area contributed by atoms with Crippen molar-refractivity contribution in [3.8, 4) is 12.3 Å². The summed E-state index contributed by atoms with van der Waals surface area (Å²) in [5.74, 6) is -0.00358. The highest BCUT2D eigenvalue weighted by atomic mass is 35.5. The lowest BCUT2D eigenvalue weighted by Crippen LogP contribution is -2.24. The normalized spacial score (nSPS) is 11.3. The van der Waals surface area contributed by atoms with E-state index in [-0.39, 0.29) is 20.5 Å². The summed E-state index contributed by atoms with van der Waals surface area (Å²) in [6, 6.07) is 6.00. The zero-order valence-corrected chi connectivity index (χ0v) is 13.7. The zero-order chi connectivity index (χ0) is 17.2. The van der Waals surface area contributed by atoms with Gasteiger partial charge in [-0.2, -0.15) is 0 Å². The van der Waals surface area contributed by atoms with E-state index >= 15 is 0 Å². The topological polar surface area (TPSA) is 46.2 Å². The molecule has 0 radical (unpaired) electrons. The number of sulfonamides is 1. The van der Waals surface area contributed by atoms with Crippen LogP contribution in [0.3, 0.4) is 0 Å². The van der Waals surface area contributed by atoms with Crippen molar-refractivity contribution in [3.05, 3.63) is 63.1 Å². The average molecular weight is 376 g/mol. The third-order valence-electron chi connectivity index (χ3n) is 2.95. The van der Waals surface area contributed by atoms with E-state index in [1.54, 1.807) is 0 Å². The standard InChI is InChI=1S/C15H9Cl2F2NO2S/c1-2-11-13(18)6-3-9(15(11)19)8-20-23(21,22)14-7-10(16)4-5-12(14)17/h1,3-7,20H,8H2. The molecule has 0 saturated heterocycles. The second kappa shape index (κ2) is 6.85. The second-order valence-corrected chi connectivity index (χ2v) is 7.02.